The maximum Gasteiger partial charge on any atom is 0.224 e. The van der Waals surface area contributed by atoms with Gasteiger partial charge in [-0.2, -0.15) is 5.10 Å². The molecule has 1 aliphatic heterocycles. The highest BCUT2D eigenvalue weighted by Crippen LogP contribution is 2.33. The van der Waals surface area contributed by atoms with Gasteiger partial charge in [-0.15, -0.1) is 11.3 Å². The summed E-state index contributed by atoms with van der Waals surface area (Å²) in [5.41, 5.74) is 4.53. The normalized spacial score (nSPS) is 14.5. The molecule has 1 aliphatic rings. The van der Waals surface area contributed by atoms with Crippen molar-refractivity contribution in [1.82, 2.24) is 15.1 Å². The van der Waals surface area contributed by atoms with Gasteiger partial charge in [-0.25, -0.2) is 0 Å². The third-order valence-electron chi connectivity index (χ3n) is 6.44. The van der Waals surface area contributed by atoms with E-state index in [1.807, 2.05) is 60.0 Å². The lowest BCUT2D eigenvalue weighted by Crippen LogP contribution is -2.44. The third kappa shape index (κ3) is 5.56. The summed E-state index contributed by atoms with van der Waals surface area (Å²) in [6.45, 7) is 3.65. The Bertz CT molecular complexity index is 1370. The second-order valence-corrected chi connectivity index (χ2v) is 9.95. The number of carbonyl (C=O) groups is 2. The zero-order chi connectivity index (χ0) is 24.9. The number of hydrogen-bond donors (Lipinski definition) is 2. The van der Waals surface area contributed by atoms with Gasteiger partial charge < -0.3 is 15.1 Å². The van der Waals surface area contributed by atoms with Gasteiger partial charge in [0, 0.05) is 44.4 Å². The number of nitrogens with zero attached hydrogens (tertiary/aromatic N) is 3. The first-order chi connectivity index (χ1) is 17.6. The van der Waals surface area contributed by atoms with E-state index >= 15 is 0 Å². The highest BCUT2D eigenvalue weighted by atomic mass is 32.1. The maximum atomic E-state index is 12.9. The lowest BCUT2D eigenvalue weighted by molar-refractivity contribution is -0.116. The lowest BCUT2D eigenvalue weighted by atomic mass is 10.1. The molecule has 8 heteroatoms. The highest BCUT2D eigenvalue weighted by molar-refractivity contribution is 7.12. The van der Waals surface area contributed by atoms with Gasteiger partial charge in [0.15, 0.2) is 5.78 Å². The molecule has 0 aliphatic carbocycles. The number of thiophene rings is 1. The predicted octanol–water partition coefficient (Wildman–Crippen LogP) is 5.15. The Morgan fingerprint density at radius 3 is 2.58 bits per heavy atom. The SMILES string of the molecule is CN1CCN(c2cc3[nH]nc(/C=C/c4ccccc4)c3cc2NC(=O)CCC(=O)c2cccs2)CC1. The zero-order valence-corrected chi connectivity index (χ0v) is 21.1. The van der Waals surface area contributed by atoms with Crippen molar-refractivity contribution in [2.24, 2.45) is 0 Å². The number of rotatable bonds is 8. The number of ketones is 1. The second-order valence-electron chi connectivity index (χ2n) is 9.01. The maximum absolute atomic E-state index is 12.9. The minimum atomic E-state index is -0.167. The average Bonchev–Trinajstić information content (AvgIpc) is 3.57. The largest absolute Gasteiger partial charge is 0.367 e. The van der Waals surface area contributed by atoms with Crippen LogP contribution in [0.1, 0.15) is 33.8 Å². The monoisotopic (exact) mass is 499 g/mol. The summed E-state index contributed by atoms with van der Waals surface area (Å²) in [5.74, 6) is -0.169. The number of aromatic amines is 1. The fourth-order valence-electron chi connectivity index (χ4n) is 4.35. The standard InChI is InChI=1S/C28H29N5O2S/c1-32-13-15-33(16-14-32)25-19-23-21(22(30-31-23)10-9-20-6-3-2-4-7-20)18-24(25)29-28(35)12-11-26(34)27-8-5-17-36-27/h2-10,17-19H,11-16H2,1H3,(H,29,35)(H,30,31)/b10-9+. The first kappa shape index (κ1) is 24.0. The van der Waals surface area contributed by atoms with Crippen LogP contribution >= 0.6 is 11.3 Å². The Kier molecular flexibility index (Phi) is 7.25. The van der Waals surface area contributed by atoms with Gasteiger partial charge in [0.2, 0.25) is 5.91 Å². The number of piperazine rings is 1. The Labute approximate surface area is 214 Å². The van der Waals surface area contributed by atoms with Crippen molar-refractivity contribution in [2.45, 2.75) is 12.8 Å². The van der Waals surface area contributed by atoms with Crippen molar-refractivity contribution in [2.75, 3.05) is 43.4 Å². The van der Waals surface area contributed by atoms with E-state index in [4.69, 9.17) is 0 Å². The fraction of sp³-hybridized carbons (Fsp3) is 0.250. The number of carbonyl (C=O) groups excluding carboxylic acids is 2. The van der Waals surface area contributed by atoms with Crippen molar-refractivity contribution in [3.8, 4) is 0 Å². The average molecular weight is 500 g/mol. The molecule has 1 fully saturated rings. The minimum Gasteiger partial charge on any atom is -0.367 e. The number of H-pyrrole nitrogens is 1. The van der Waals surface area contributed by atoms with Crippen LogP contribution < -0.4 is 10.2 Å². The minimum absolute atomic E-state index is 0.00179. The number of hydrogen-bond acceptors (Lipinski definition) is 6. The molecule has 2 aromatic carbocycles. The molecule has 0 saturated carbocycles. The van der Waals surface area contributed by atoms with Crippen LogP contribution in [0.25, 0.3) is 23.1 Å². The molecule has 0 spiro atoms. The summed E-state index contributed by atoms with van der Waals surface area (Å²) in [4.78, 5) is 30.6. The van der Waals surface area contributed by atoms with Gasteiger partial charge in [-0.05, 0) is 42.3 Å². The van der Waals surface area contributed by atoms with Crippen molar-refractivity contribution in [3.63, 3.8) is 0 Å². The van der Waals surface area contributed by atoms with E-state index in [2.05, 4.69) is 38.4 Å². The Morgan fingerprint density at radius 1 is 1.03 bits per heavy atom. The Hall–Kier alpha value is -3.75. The number of fused-ring (bicyclic) bond motifs is 1. The number of anilines is 2. The van der Waals surface area contributed by atoms with E-state index in [0.29, 0.717) is 4.88 Å². The second kappa shape index (κ2) is 10.9. The summed E-state index contributed by atoms with van der Waals surface area (Å²) in [5, 5.41) is 13.6. The number of likely N-dealkylation sites (N-methyl/N-ethyl adjacent to an activating group) is 1. The van der Waals surface area contributed by atoms with Gasteiger partial charge in [0.05, 0.1) is 27.5 Å². The molecule has 1 saturated heterocycles. The molecular weight excluding hydrogens is 470 g/mol. The van der Waals surface area contributed by atoms with Crippen LogP contribution in [0.4, 0.5) is 11.4 Å². The van der Waals surface area contributed by atoms with E-state index in [1.165, 1.54) is 11.3 Å². The van der Waals surface area contributed by atoms with Gasteiger partial charge >= 0.3 is 0 Å². The van der Waals surface area contributed by atoms with Crippen LogP contribution in [0.3, 0.4) is 0 Å². The molecule has 2 N–H and O–H groups in total. The van der Waals surface area contributed by atoms with Gasteiger partial charge in [0.25, 0.3) is 0 Å². The van der Waals surface area contributed by atoms with Crippen molar-refractivity contribution >= 4 is 57.5 Å². The molecule has 36 heavy (non-hydrogen) atoms. The van der Waals surface area contributed by atoms with Gasteiger partial charge in [0.1, 0.15) is 0 Å². The molecule has 0 bridgehead atoms. The number of benzene rings is 2. The van der Waals surface area contributed by atoms with Crippen LogP contribution in [0.2, 0.25) is 0 Å². The summed E-state index contributed by atoms with van der Waals surface area (Å²) < 4.78 is 0. The molecule has 0 atom stereocenters. The summed E-state index contributed by atoms with van der Waals surface area (Å²) in [6, 6.07) is 17.8. The van der Waals surface area contributed by atoms with Crippen molar-refractivity contribution in [3.05, 3.63) is 76.1 Å². The molecule has 184 valence electrons. The topological polar surface area (TPSA) is 81.3 Å². The first-order valence-electron chi connectivity index (χ1n) is 12.1. The summed E-state index contributed by atoms with van der Waals surface area (Å²) in [7, 11) is 2.12. The first-order valence-corrected chi connectivity index (χ1v) is 13.0. The quantitative estimate of drug-likeness (QED) is 0.328. The van der Waals surface area contributed by atoms with Crippen LogP contribution in [-0.4, -0.2) is 60.0 Å². The molecule has 7 nitrogen and oxygen atoms in total. The van der Waals surface area contributed by atoms with Crippen molar-refractivity contribution < 1.29 is 9.59 Å². The summed E-state index contributed by atoms with van der Waals surface area (Å²) in [6.07, 6.45) is 4.34. The zero-order valence-electron chi connectivity index (χ0n) is 20.2. The smallest absolute Gasteiger partial charge is 0.224 e. The molecule has 0 unspecified atom stereocenters. The van der Waals surface area contributed by atoms with E-state index in [1.54, 1.807) is 6.07 Å². The number of nitrogens with one attached hydrogen (secondary N) is 2. The van der Waals surface area contributed by atoms with Gasteiger partial charge in [-0.1, -0.05) is 42.5 Å². The number of aromatic nitrogens is 2. The molecule has 5 rings (SSSR count). The van der Waals surface area contributed by atoms with E-state index < -0.39 is 0 Å². The third-order valence-corrected chi connectivity index (χ3v) is 7.35. The molecule has 1 amide bonds. The van der Waals surface area contributed by atoms with Crippen LogP contribution in [-0.2, 0) is 4.79 Å². The fourth-order valence-corrected chi connectivity index (χ4v) is 5.04. The molecular formula is C28H29N5O2S. The Balaban J connectivity index is 1.41. The van der Waals surface area contributed by atoms with Gasteiger partial charge in [-0.3, -0.25) is 14.7 Å². The molecule has 0 radical (unpaired) electrons. The summed E-state index contributed by atoms with van der Waals surface area (Å²) >= 11 is 1.41. The van der Waals surface area contributed by atoms with Crippen LogP contribution in [0.15, 0.2) is 60.0 Å². The van der Waals surface area contributed by atoms with E-state index in [9.17, 15) is 9.59 Å². The molecule has 2 aromatic heterocycles. The predicted molar refractivity (Wildman–Crippen MR) is 148 cm³/mol. The molecule has 4 aromatic rings. The number of amides is 1. The van der Waals surface area contributed by atoms with E-state index in [0.717, 1.165) is 59.7 Å². The molecule has 3 heterocycles. The van der Waals surface area contributed by atoms with Crippen LogP contribution in [0, 0.1) is 0 Å². The van der Waals surface area contributed by atoms with E-state index in [-0.39, 0.29) is 24.5 Å². The lowest BCUT2D eigenvalue weighted by Gasteiger charge is -2.35. The Morgan fingerprint density at radius 2 is 1.83 bits per heavy atom. The highest BCUT2D eigenvalue weighted by Gasteiger charge is 2.21. The van der Waals surface area contributed by atoms with Crippen LogP contribution in [0.5, 0.6) is 0 Å². The van der Waals surface area contributed by atoms with Crippen molar-refractivity contribution in [1.29, 1.82) is 0 Å². The number of Topliss-reactive ketones (excluding diaryl/α,β-unsaturated/α-hetero) is 1.